The van der Waals surface area contributed by atoms with Crippen LogP contribution in [0.25, 0.3) is 10.9 Å². The number of nitrogens with one attached hydrogen (secondary N) is 4. The van der Waals surface area contributed by atoms with Gasteiger partial charge in [-0.1, -0.05) is 32.0 Å². The van der Waals surface area contributed by atoms with Gasteiger partial charge in [-0.3, -0.25) is 19.2 Å². The van der Waals surface area contributed by atoms with Gasteiger partial charge in [-0.2, -0.15) is 0 Å². The molecule has 0 aliphatic heterocycles. The van der Waals surface area contributed by atoms with Crippen LogP contribution in [0.3, 0.4) is 0 Å². The predicted octanol–water partition coefficient (Wildman–Crippen LogP) is 0.663. The van der Waals surface area contributed by atoms with Crippen molar-refractivity contribution in [3.05, 3.63) is 36.0 Å². The molecule has 0 aliphatic carbocycles. The fourth-order valence-electron chi connectivity index (χ4n) is 3.38. The van der Waals surface area contributed by atoms with Gasteiger partial charge >= 0.3 is 5.97 Å². The van der Waals surface area contributed by atoms with Crippen molar-refractivity contribution < 1.29 is 24.3 Å². The first-order valence-electron chi connectivity index (χ1n) is 10.9. The fourth-order valence-corrected chi connectivity index (χ4v) is 3.38. The molecule has 1 heterocycles. The highest BCUT2D eigenvalue weighted by atomic mass is 16.4. The van der Waals surface area contributed by atoms with Crippen LogP contribution >= 0.6 is 0 Å². The highest BCUT2D eigenvalue weighted by Crippen LogP contribution is 2.19. The number of aliphatic carboxylic acids is 1. The Morgan fingerprint density at radius 1 is 0.939 bits per heavy atom. The van der Waals surface area contributed by atoms with Crippen LogP contribution in [0.1, 0.15) is 39.7 Å². The second kappa shape index (κ2) is 11.5. The second-order valence-electron chi connectivity index (χ2n) is 8.67. The maximum absolute atomic E-state index is 13.1. The number of carbonyl (C=O) groups excluding carboxylic acids is 3. The SMILES string of the molecule is CC(C)CC(NC(=O)C(C)N)C(=O)NC(Cc1c[nH]c2ccccc12)C(=O)NC(C)C(=O)O. The molecular formula is C23H33N5O5. The Labute approximate surface area is 192 Å². The number of para-hydroxylation sites is 1. The lowest BCUT2D eigenvalue weighted by molar-refractivity contribution is -0.141. The largest absolute Gasteiger partial charge is 0.480 e. The Bertz CT molecular complexity index is 1000. The minimum atomic E-state index is -1.19. The summed E-state index contributed by atoms with van der Waals surface area (Å²) in [5, 5.41) is 17.8. The van der Waals surface area contributed by atoms with Gasteiger partial charge in [0.1, 0.15) is 18.1 Å². The van der Waals surface area contributed by atoms with E-state index in [1.807, 2.05) is 38.1 Å². The van der Waals surface area contributed by atoms with Gasteiger partial charge in [0.05, 0.1) is 6.04 Å². The number of carbonyl (C=O) groups is 4. The molecule has 1 aromatic heterocycles. The molecule has 4 unspecified atom stereocenters. The number of aromatic nitrogens is 1. The standard InChI is InChI=1S/C23H33N5O5/c1-12(2)9-18(27-20(29)13(3)24)22(31)28-19(21(30)26-14(4)23(32)33)10-15-11-25-17-8-6-5-7-16(15)17/h5-8,11-14,18-19,25H,9-10,24H2,1-4H3,(H,26,30)(H,27,29)(H,28,31)(H,32,33). The number of carboxylic acid groups (broad SMARTS) is 1. The number of H-pyrrole nitrogens is 1. The number of aromatic amines is 1. The Balaban J connectivity index is 2.28. The van der Waals surface area contributed by atoms with Crippen LogP contribution in [0, 0.1) is 5.92 Å². The number of nitrogens with two attached hydrogens (primary N) is 1. The summed E-state index contributed by atoms with van der Waals surface area (Å²) in [6, 6.07) is 3.64. The topological polar surface area (TPSA) is 166 Å². The first-order chi connectivity index (χ1) is 15.5. The molecule has 0 bridgehead atoms. The summed E-state index contributed by atoms with van der Waals surface area (Å²) in [4.78, 5) is 52.5. The molecule has 7 N–H and O–H groups in total. The highest BCUT2D eigenvalue weighted by molar-refractivity contribution is 5.94. The van der Waals surface area contributed by atoms with Gasteiger partial charge in [-0.25, -0.2) is 0 Å². The van der Waals surface area contributed by atoms with Crippen molar-refractivity contribution in [2.75, 3.05) is 0 Å². The van der Waals surface area contributed by atoms with Crippen LogP contribution in [0.5, 0.6) is 0 Å². The van der Waals surface area contributed by atoms with Crippen LogP contribution in [-0.2, 0) is 25.6 Å². The van der Waals surface area contributed by atoms with Gasteiger partial charge in [0.25, 0.3) is 0 Å². The van der Waals surface area contributed by atoms with E-state index in [0.717, 1.165) is 16.5 Å². The average Bonchev–Trinajstić information content (AvgIpc) is 3.14. The third-order valence-electron chi connectivity index (χ3n) is 5.21. The van der Waals surface area contributed by atoms with Crippen molar-refractivity contribution in [1.29, 1.82) is 0 Å². The Kier molecular flexibility index (Phi) is 8.98. The van der Waals surface area contributed by atoms with E-state index in [4.69, 9.17) is 10.8 Å². The van der Waals surface area contributed by atoms with Gasteiger partial charge in [-0.05, 0) is 37.8 Å². The number of rotatable bonds is 11. The summed E-state index contributed by atoms with van der Waals surface area (Å²) in [7, 11) is 0. The number of hydrogen-bond acceptors (Lipinski definition) is 5. The quantitative estimate of drug-likeness (QED) is 0.289. The normalized spacial score (nSPS) is 14.8. The van der Waals surface area contributed by atoms with Crippen molar-refractivity contribution in [2.45, 2.75) is 64.7 Å². The van der Waals surface area contributed by atoms with Crippen LogP contribution < -0.4 is 21.7 Å². The molecule has 33 heavy (non-hydrogen) atoms. The lowest BCUT2D eigenvalue weighted by atomic mass is 10.0. The summed E-state index contributed by atoms with van der Waals surface area (Å²) in [5.74, 6) is -2.76. The van der Waals surface area contributed by atoms with Gasteiger partial charge < -0.3 is 31.8 Å². The number of fused-ring (bicyclic) bond motifs is 1. The van der Waals surface area contributed by atoms with Crippen molar-refractivity contribution >= 4 is 34.6 Å². The van der Waals surface area contributed by atoms with Crippen molar-refractivity contribution in [3.63, 3.8) is 0 Å². The molecule has 0 spiro atoms. The summed E-state index contributed by atoms with van der Waals surface area (Å²) < 4.78 is 0. The molecule has 3 amide bonds. The highest BCUT2D eigenvalue weighted by Gasteiger charge is 2.30. The zero-order valence-electron chi connectivity index (χ0n) is 19.3. The number of carboxylic acids is 1. The minimum Gasteiger partial charge on any atom is -0.480 e. The summed E-state index contributed by atoms with van der Waals surface area (Å²) in [5.41, 5.74) is 7.28. The molecule has 0 aliphatic rings. The van der Waals surface area contributed by atoms with Crippen LogP contribution in [0.4, 0.5) is 0 Å². The summed E-state index contributed by atoms with van der Waals surface area (Å²) in [6.45, 7) is 6.67. The molecule has 0 radical (unpaired) electrons. The number of benzene rings is 1. The zero-order valence-corrected chi connectivity index (χ0v) is 19.3. The monoisotopic (exact) mass is 459 g/mol. The van der Waals surface area contributed by atoms with Crippen molar-refractivity contribution in [3.8, 4) is 0 Å². The van der Waals surface area contributed by atoms with Gasteiger partial charge in [0.15, 0.2) is 0 Å². The smallest absolute Gasteiger partial charge is 0.325 e. The lowest BCUT2D eigenvalue weighted by Crippen LogP contribution is -2.57. The fraction of sp³-hybridized carbons (Fsp3) is 0.478. The third kappa shape index (κ3) is 7.31. The Hall–Kier alpha value is -3.40. The molecule has 10 heteroatoms. The molecular weight excluding hydrogens is 426 g/mol. The molecule has 0 fully saturated rings. The Morgan fingerprint density at radius 3 is 2.15 bits per heavy atom. The van der Waals surface area contributed by atoms with E-state index in [1.165, 1.54) is 13.8 Å². The van der Waals surface area contributed by atoms with E-state index >= 15 is 0 Å². The van der Waals surface area contributed by atoms with Gasteiger partial charge in [0, 0.05) is 23.5 Å². The Morgan fingerprint density at radius 2 is 1.55 bits per heavy atom. The summed E-state index contributed by atoms with van der Waals surface area (Å²) in [6.07, 6.45) is 2.22. The molecule has 2 aromatic rings. The number of amides is 3. The zero-order chi connectivity index (χ0) is 24.7. The molecule has 1 aromatic carbocycles. The van der Waals surface area contributed by atoms with Gasteiger partial charge in [-0.15, -0.1) is 0 Å². The van der Waals surface area contributed by atoms with Crippen LogP contribution in [0.2, 0.25) is 0 Å². The van der Waals surface area contributed by atoms with Crippen molar-refractivity contribution in [2.24, 2.45) is 11.7 Å². The molecule has 4 atom stereocenters. The predicted molar refractivity (Wildman–Crippen MR) is 124 cm³/mol. The molecule has 0 saturated carbocycles. The van der Waals surface area contributed by atoms with Crippen LogP contribution in [-0.4, -0.2) is 57.9 Å². The lowest BCUT2D eigenvalue weighted by Gasteiger charge is -2.25. The van der Waals surface area contributed by atoms with E-state index in [9.17, 15) is 19.2 Å². The van der Waals surface area contributed by atoms with E-state index in [1.54, 1.807) is 6.20 Å². The van der Waals surface area contributed by atoms with Crippen LogP contribution in [0.15, 0.2) is 30.5 Å². The van der Waals surface area contributed by atoms with E-state index in [0.29, 0.717) is 6.42 Å². The maximum atomic E-state index is 13.1. The maximum Gasteiger partial charge on any atom is 0.325 e. The average molecular weight is 460 g/mol. The molecule has 180 valence electrons. The minimum absolute atomic E-state index is 0.0852. The van der Waals surface area contributed by atoms with E-state index in [-0.39, 0.29) is 12.3 Å². The number of hydrogen-bond donors (Lipinski definition) is 6. The van der Waals surface area contributed by atoms with E-state index in [2.05, 4.69) is 20.9 Å². The second-order valence-corrected chi connectivity index (χ2v) is 8.67. The molecule has 2 rings (SSSR count). The summed E-state index contributed by atoms with van der Waals surface area (Å²) >= 11 is 0. The first-order valence-corrected chi connectivity index (χ1v) is 10.9. The molecule has 10 nitrogen and oxygen atoms in total. The van der Waals surface area contributed by atoms with Gasteiger partial charge in [0.2, 0.25) is 17.7 Å². The third-order valence-corrected chi connectivity index (χ3v) is 5.21. The first kappa shape index (κ1) is 25.9. The molecule has 0 saturated heterocycles. The van der Waals surface area contributed by atoms with Crippen molar-refractivity contribution in [1.82, 2.24) is 20.9 Å². The van der Waals surface area contributed by atoms with E-state index < -0.39 is 47.9 Å².